The van der Waals surface area contributed by atoms with E-state index in [1.807, 2.05) is 0 Å². The first kappa shape index (κ1) is 20.8. The van der Waals surface area contributed by atoms with Crippen molar-refractivity contribution in [2.75, 3.05) is 0 Å². The minimum atomic E-state index is -0.0509. The second-order valence-corrected chi connectivity index (χ2v) is 6.88. The summed E-state index contributed by atoms with van der Waals surface area (Å²) < 4.78 is 0. The molecule has 0 rings (SSSR count). The molecule has 0 aromatic carbocycles. The molecule has 0 aliphatic heterocycles. The Morgan fingerprint density at radius 2 is 1.14 bits per heavy atom. The number of carbonyl (C=O) groups excluding carboxylic acids is 1. The predicted molar refractivity (Wildman–Crippen MR) is 93.5 cm³/mol. The molecule has 0 atom stereocenters. The average Bonchev–Trinajstić information content (AvgIpc) is 2.46. The first-order valence-corrected chi connectivity index (χ1v) is 9.44. The number of halogens is 1. The predicted octanol–water partition coefficient (Wildman–Crippen LogP) is 6.37. The van der Waals surface area contributed by atoms with Crippen LogP contribution in [0.5, 0.6) is 0 Å². The molecular weight excluding hydrogens is 282 g/mol. The van der Waals surface area contributed by atoms with E-state index in [0.717, 1.165) is 18.8 Å². The first-order chi connectivity index (χ1) is 10.2. The molecule has 0 heterocycles. The molecule has 0 radical (unpaired) electrons. The molecule has 21 heavy (non-hydrogen) atoms. The Kier molecular flexibility index (Phi) is 16.0. The number of rotatable bonds is 15. The summed E-state index contributed by atoms with van der Waals surface area (Å²) in [5.74, 6) is 0.819. The minimum Gasteiger partial charge on any atom is -0.274 e. The van der Waals surface area contributed by atoms with Crippen LogP contribution >= 0.6 is 11.8 Å². The van der Waals surface area contributed by atoms with Crippen molar-refractivity contribution < 1.29 is 4.79 Å². The van der Waals surface area contributed by atoms with Crippen molar-refractivity contribution in [1.29, 1.82) is 0 Å². The van der Waals surface area contributed by atoms with Crippen LogP contribution in [0, 0.1) is 5.92 Å². The van der Waals surface area contributed by atoms with Crippen molar-refractivity contribution in [1.82, 2.24) is 4.84 Å². The summed E-state index contributed by atoms with van der Waals surface area (Å²) in [5, 5.41) is 0. The second-order valence-electron chi connectivity index (χ2n) is 6.69. The Hall–Kier alpha value is -0.240. The van der Waals surface area contributed by atoms with Crippen LogP contribution in [-0.2, 0) is 4.79 Å². The molecule has 0 aromatic heterocycles. The molecule has 0 saturated heterocycles. The molecule has 0 aliphatic rings. The van der Waals surface area contributed by atoms with Crippen LogP contribution in [-0.4, -0.2) is 5.91 Å². The third-order valence-corrected chi connectivity index (χ3v) is 4.25. The smallest absolute Gasteiger partial charge is 0.234 e. The van der Waals surface area contributed by atoms with E-state index in [-0.39, 0.29) is 5.91 Å². The molecule has 0 bridgehead atoms. The van der Waals surface area contributed by atoms with Crippen LogP contribution in [0.15, 0.2) is 0 Å². The third-order valence-electron chi connectivity index (χ3n) is 4.04. The van der Waals surface area contributed by atoms with Gasteiger partial charge in [-0.15, -0.1) is 0 Å². The highest BCUT2D eigenvalue weighted by Crippen LogP contribution is 2.14. The van der Waals surface area contributed by atoms with E-state index in [2.05, 4.69) is 18.7 Å². The molecule has 3 heteroatoms. The Labute approximate surface area is 137 Å². The van der Waals surface area contributed by atoms with Crippen molar-refractivity contribution in [3.05, 3.63) is 0 Å². The van der Waals surface area contributed by atoms with Gasteiger partial charge in [-0.2, -0.15) is 0 Å². The fraction of sp³-hybridized carbons (Fsp3) is 0.944. The van der Waals surface area contributed by atoms with Crippen LogP contribution < -0.4 is 4.84 Å². The van der Waals surface area contributed by atoms with Crippen molar-refractivity contribution in [2.24, 2.45) is 5.92 Å². The molecule has 2 nitrogen and oxygen atoms in total. The molecule has 1 N–H and O–H groups in total. The number of nitrogens with one attached hydrogen (secondary N) is 1. The molecule has 1 amide bonds. The fourth-order valence-electron chi connectivity index (χ4n) is 2.65. The largest absolute Gasteiger partial charge is 0.274 e. The van der Waals surface area contributed by atoms with Crippen LogP contribution in [0.3, 0.4) is 0 Å². The van der Waals surface area contributed by atoms with E-state index in [4.69, 9.17) is 11.8 Å². The number of amides is 1. The maximum absolute atomic E-state index is 10.9. The molecule has 0 fully saturated rings. The summed E-state index contributed by atoms with van der Waals surface area (Å²) in [6.07, 6.45) is 17.9. The van der Waals surface area contributed by atoms with Crippen LogP contribution in [0.2, 0.25) is 0 Å². The van der Waals surface area contributed by atoms with Gasteiger partial charge in [0.25, 0.3) is 0 Å². The van der Waals surface area contributed by atoms with E-state index in [1.54, 1.807) is 0 Å². The number of carbonyl (C=O) groups is 1. The van der Waals surface area contributed by atoms with Gasteiger partial charge in [0, 0.05) is 18.2 Å². The quantitative estimate of drug-likeness (QED) is 0.276. The van der Waals surface area contributed by atoms with Gasteiger partial charge in [0.15, 0.2) is 0 Å². The van der Waals surface area contributed by atoms with Crippen molar-refractivity contribution in [2.45, 2.75) is 104 Å². The van der Waals surface area contributed by atoms with Gasteiger partial charge in [-0.05, 0) is 12.3 Å². The Balaban J connectivity index is 3.01. The van der Waals surface area contributed by atoms with Gasteiger partial charge in [-0.25, -0.2) is 0 Å². The van der Waals surface area contributed by atoms with Crippen LogP contribution in [0.4, 0.5) is 0 Å². The van der Waals surface area contributed by atoms with Crippen LogP contribution in [0.1, 0.15) is 104 Å². The maximum Gasteiger partial charge on any atom is 0.234 e. The van der Waals surface area contributed by atoms with Gasteiger partial charge in [0.1, 0.15) is 0 Å². The lowest BCUT2D eigenvalue weighted by Crippen LogP contribution is -2.11. The molecule has 0 unspecified atom stereocenters. The Morgan fingerprint density at radius 1 is 0.762 bits per heavy atom. The number of unbranched alkanes of at least 4 members (excludes halogenated alkanes) is 11. The zero-order valence-corrected chi connectivity index (χ0v) is 15.0. The average molecular weight is 318 g/mol. The van der Waals surface area contributed by atoms with E-state index < -0.39 is 0 Å². The SMILES string of the molecule is CC(C)CCCCCCCCCCCCCCC(=O)NCl. The van der Waals surface area contributed by atoms with E-state index in [0.29, 0.717) is 6.42 Å². The summed E-state index contributed by atoms with van der Waals surface area (Å²) in [5.41, 5.74) is 0. The van der Waals surface area contributed by atoms with E-state index in [1.165, 1.54) is 70.6 Å². The zero-order valence-electron chi connectivity index (χ0n) is 14.3. The monoisotopic (exact) mass is 317 g/mol. The second kappa shape index (κ2) is 16.1. The lowest BCUT2D eigenvalue weighted by Gasteiger charge is -2.04. The minimum absolute atomic E-state index is 0.0509. The molecule has 0 saturated carbocycles. The Bertz CT molecular complexity index is 231. The molecule has 0 aromatic rings. The zero-order chi connectivity index (χ0) is 15.8. The highest BCUT2D eigenvalue weighted by molar-refractivity contribution is 6.21. The van der Waals surface area contributed by atoms with Gasteiger partial charge < -0.3 is 0 Å². The van der Waals surface area contributed by atoms with Gasteiger partial charge >= 0.3 is 0 Å². The summed E-state index contributed by atoms with van der Waals surface area (Å²) in [6, 6.07) is 0. The summed E-state index contributed by atoms with van der Waals surface area (Å²) >= 11 is 5.22. The van der Waals surface area contributed by atoms with Crippen molar-refractivity contribution in [3.63, 3.8) is 0 Å². The van der Waals surface area contributed by atoms with Gasteiger partial charge in [-0.3, -0.25) is 9.63 Å². The topological polar surface area (TPSA) is 29.1 Å². The molecule has 0 aliphatic carbocycles. The molecule has 126 valence electrons. The van der Waals surface area contributed by atoms with Gasteiger partial charge in [-0.1, -0.05) is 90.9 Å². The van der Waals surface area contributed by atoms with Crippen molar-refractivity contribution >= 4 is 17.7 Å². The summed E-state index contributed by atoms with van der Waals surface area (Å²) in [7, 11) is 0. The molecular formula is C18H36ClNO. The Morgan fingerprint density at radius 3 is 1.52 bits per heavy atom. The first-order valence-electron chi connectivity index (χ1n) is 9.06. The van der Waals surface area contributed by atoms with Crippen LogP contribution in [0.25, 0.3) is 0 Å². The maximum atomic E-state index is 10.9. The lowest BCUT2D eigenvalue weighted by atomic mass is 10.0. The van der Waals surface area contributed by atoms with Gasteiger partial charge in [0.2, 0.25) is 5.91 Å². The third kappa shape index (κ3) is 17.7. The molecule has 0 spiro atoms. The summed E-state index contributed by atoms with van der Waals surface area (Å²) in [4.78, 5) is 13.1. The summed E-state index contributed by atoms with van der Waals surface area (Å²) in [6.45, 7) is 4.62. The fourth-order valence-corrected chi connectivity index (χ4v) is 2.75. The van der Waals surface area contributed by atoms with Crippen molar-refractivity contribution in [3.8, 4) is 0 Å². The van der Waals surface area contributed by atoms with E-state index in [9.17, 15) is 4.79 Å². The highest BCUT2D eigenvalue weighted by Gasteiger charge is 1.98. The van der Waals surface area contributed by atoms with E-state index >= 15 is 0 Å². The lowest BCUT2D eigenvalue weighted by molar-refractivity contribution is -0.119. The normalized spacial score (nSPS) is 11.0. The number of hydrogen-bond acceptors (Lipinski definition) is 1. The number of hydrogen-bond donors (Lipinski definition) is 1. The van der Waals surface area contributed by atoms with Gasteiger partial charge in [0.05, 0.1) is 0 Å². The standard InChI is InChI=1S/C18H36ClNO/c1-17(2)15-13-11-9-7-5-3-4-6-8-10-12-14-16-18(21)20-19/h17H,3-16H2,1-2H3,(H,20,21). The highest BCUT2D eigenvalue weighted by atomic mass is 35.5.